The maximum absolute atomic E-state index is 12.5. The van der Waals surface area contributed by atoms with Crippen LogP contribution in [0.2, 0.25) is 0 Å². The molecule has 2 aromatic carbocycles. The molecule has 1 aliphatic rings. The standard InChI is InChI=1S/C22H23N3O3/c1-14(16-11-10-15-6-2-3-7-17(15)12-16)23-20(26)13-25-22(28)19-9-5-4-8-18(19)21(27)24-25/h4-5,8-12,14H,2-3,6-7,13H2,1H3,(H,23,26)(H,24,27)/t14-/m0/s1. The number of aromatic nitrogens is 2. The van der Waals surface area contributed by atoms with Gasteiger partial charge in [-0.15, -0.1) is 0 Å². The number of H-pyrrole nitrogens is 1. The number of rotatable bonds is 4. The van der Waals surface area contributed by atoms with Gasteiger partial charge in [-0.05, 0) is 61.4 Å². The zero-order chi connectivity index (χ0) is 19.7. The number of aromatic amines is 1. The van der Waals surface area contributed by atoms with E-state index in [1.54, 1.807) is 24.3 Å². The topological polar surface area (TPSA) is 84.0 Å². The second kappa shape index (κ2) is 7.46. The highest BCUT2D eigenvalue weighted by Crippen LogP contribution is 2.24. The number of aryl methyl sites for hydroxylation is 2. The average Bonchev–Trinajstić information content (AvgIpc) is 2.71. The summed E-state index contributed by atoms with van der Waals surface area (Å²) >= 11 is 0. The van der Waals surface area contributed by atoms with E-state index in [-0.39, 0.29) is 29.6 Å². The molecule has 3 aromatic rings. The van der Waals surface area contributed by atoms with Crippen LogP contribution in [0, 0.1) is 0 Å². The van der Waals surface area contributed by atoms with Crippen molar-refractivity contribution in [3.05, 3.63) is 79.9 Å². The quantitative estimate of drug-likeness (QED) is 0.732. The van der Waals surface area contributed by atoms with Crippen LogP contribution in [-0.4, -0.2) is 15.7 Å². The van der Waals surface area contributed by atoms with E-state index in [4.69, 9.17) is 0 Å². The average molecular weight is 377 g/mol. The summed E-state index contributed by atoms with van der Waals surface area (Å²) in [6, 6.07) is 12.8. The van der Waals surface area contributed by atoms with Crippen molar-refractivity contribution in [2.45, 2.75) is 45.2 Å². The van der Waals surface area contributed by atoms with Crippen LogP contribution in [0.5, 0.6) is 0 Å². The number of carbonyl (C=O) groups excluding carboxylic acids is 1. The Morgan fingerprint density at radius 3 is 2.57 bits per heavy atom. The van der Waals surface area contributed by atoms with Crippen molar-refractivity contribution in [2.75, 3.05) is 0 Å². The molecule has 1 aromatic heterocycles. The summed E-state index contributed by atoms with van der Waals surface area (Å²) in [6.07, 6.45) is 4.64. The second-order valence-corrected chi connectivity index (χ2v) is 7.40. The van der Waals surface area contributed by atoms with E-state index in [2.05, 4.69) is 28.6 Å². The van der Waals surface area contributed by atoms with Gasteiger partial charge in [0.25, 0.3) is 11.1 Å². The van der Waals surface area contributed by atoms with E-state index in [1.165, 1.54) is 24.0 Å². The molecule has 6 heteroatoms. The zero-order valence-corrected chi connectivity index (χ0v) is 15.8. The molecule has 0 spiro atoms. The molecule has 1 amide bonds. The van der Waals surface area contributed by atoms with Gasteiger partial charge in [0.2, 0.25) is 5.91 Å². The minimum atomic E-state index is -0.384. The summed E-state index contributed by atoms with van der Waals surface area (Å²) in [7, 11) is 0. The lowest BCUT2D eigenvalue weighted by Gasteiger charge is -2.20. The monoisotopic (exact) mass is 377 g/mol. The fourth-order valence-corrected chi connectivity index (χ4v) is 3.89. The van der Waals surface area contributed by atoms with E-state index in [0.29, 0.717) is 10.8 Å². The summed E-state index contributed by atoms with van der Waals surface area (Å²) in [4.78, 5) is 37.2. The molecule has 1 atom stereocenters. The molecule has 0 saturated carbocycles. The van der Waals surface area contributed by atoms with Crippen molar-refractivity contribution in [3.8, 4) is 0 Å². The van der Waals surface area contributed by atoms with E-state index in [1.807, 2.05) is 6.92 Å². The number of nitrogens with zero attached hydrogens (tertiary/aromatic N) is 1. The van der Waals surface area contributed by atoms with Gasteiger partial charge in [0.05, 0.1) is 16.8 Å². The number of hydrogen-bond acceptors (Lipinski definition) is 3. The third kappa shape index (κ3) is 3.50. The predicted molar refractivity (Wildman–Crippen MR) is 108 cm³/mol. The van der Waals surface area contributed by atoms with E-state index in [9.17, 15) is 14.4 Å². The fourth-order valence-electron chi connectivity index (χ4n) is 3.89. The molecular formula is C22H23N3O3. The van der Waals surface area contributed by atoms with Crippen molar-refractivity contribution in [1.29, 1.82) is 0 Å². The van der Waals surface area contributed by atoms with Crippen molar-refractivity contribution in [1.82, 2.24) is 15.1 Å². The Kier molecular flexibility index (Phi) is 4.86. The van der Waals surface area contributed by atoms with Gasteiger partial charge >= 0.3 is 0 Å². The Bertz CT molecular complexity index is 1160. The molecule has 0 radical (unpaired) electrons. The maximum Gasteiger partial charge on any atom is 0.273 e. The van der Waals surface area contributed by atoms with Gasteiger partial charge in [0.1, 0.15) is 6.54 Å². The third-order valence-electron chi connectivity index (χ3n) is 5.44. The van der Waals surface area contributed by atoms with Gasteiger partial charge in [-0.25, -0.2) is 4.68 Å². The van der Waals surface area contributed by atoms with Gasteiger partial charge in [0, 0.05) is 0 Å². The molecule has 144 valence electrons. The second-order valence-electron chi connectivity index (χ2n) is 7.40. The lowest BCUT2D eigenvalue weighted by Crippen LogP contribution is -2.37. The highest BCUT2D eigenvalue weighted by atomic mass is 16.2. The molecule has 0 saturated heterocycles. The van der Waals surface area contributed by atoms with Gasteiger partial charge in [-0.3, -0.25) is 19.5 Å². The lowest BCUT2D eigenvalue weighted by atomic mass is 9.89. The summed E-state index contributed by atoms with van der Waals surface area (Å²) in [5.74, 6) is -0.321. The van der Waals surface area contributed by atoms with Crippen molar-refractivity contribution in [2.24, 2.45) is 0 Å². The summed E-state index contributed by atoms with van der Waals surface area (Å²) < 4.78 is 1.07. The smallest absolute Gasteiger partial charge is 0.273 e. The van der Waals surface area contributed by atoms with Crippen molar-refractivity contribution in [3.63, 3.8) is 0 Å². The molecule has 0 fully saturated rings. The fraction of sp³-hybridized carbons (Fsp3) is 0.318. The molecule has 28 heavy (non-hydrogen) atoms. The molecule has 0 aliphatic heterocycles. The number of fused-ring (bicyclic) bond motifs is 2. The van der Waals surface area contributed by atoms with Crippen LogP contribution in [0.3, 0.4) is 0 Å². The van der Waals surface area contributed by atoms with Crippen LogP contribution in [-0.2, 0) is 24.2 Å². The number of nitrogens with one attached hydrogen (secondary N) is 2. The normalized spacial score (nSPS) is 14.5. The summed E-state index contributed by atoms with van der Waals surface area (Å²) in [5, 5.41) is 6.05. The highest BCUT2D eigenvalue weighted by Gasteiger charge is 2.15. The zero-order valence-electron chi connectivity index (χ0n) is 15.8. The largest absolute Gasteiger partial charge is 0.348 e. The maximum atomic E-state index is 12.5. The van der Waals surface area contributed by atoms with Gasteiger partial charge in [-0.2, -0.15) is 0 Å². The van der Waals surface area contributed by atoms with Crippen LogP contribution in [0.4, 0.5) is 0 Å². The summed E-state index contributed by atoms with van der Waals surface area (Å²) in [6.45, 7) is 1.70. The molecule has 6 nitrogen and oxygen atoms in total. The number of hydrogen-bond donors (Lipinski definition) is 2. The molecule has 0 bridgehead atoms. The van der Waals surface area contributed by atoms with Gasteiger partial charge in [0.15, 0.2) is 0 Å². The Hall–Kier alpha value is -3.15. The molecular weight excluding hydrogens is 354 g/mol. The molecule has 0 unspecified atom stereocenters. The van der Waals surface area contributed by atoms with E-state index in [0.717, 1.165) is 23.1 Å². The minimum Gasteiger partial charge on any atom is -0.348 e. The Balaban J connectivity index is 1.52. The highest BCUT2D eigenvalue weighted by molar-refractivity contribution is 5.81. The van der Waals surface area contributed by atoms with Crippen LogP contribution >= 0.6 is 0 Å². The Labute approximate surface area is 162 Å². The number of amides is 1. The SMILES string of the molecule is C[C@H](NC(=O)Cn1[nH]c(=O)c2ccccc2c1=O)c1ccc2c(c1)CCCC2. The molecule has 2 N–H and O–H groups in total. The van der Waals surface area contributed by atoms with Crippen LogP contribution in [0.25, 0.3) is 10.8 Å². The van der Waals surface area contributed by atoms with E-state index < -0.39 is 0 Å². The Morgan fingerprint density at radius 1 is 1.07 bits per heavy atom. The first-order valence-corrected chi connectivity index (χ1v) is 9.66. The first-order chi connectivity index (χ1) is 13.5. The first-order valence-electron chi connectivity index (χ1n) is 9.66. The lowest BCUT2D eigenvalue weighted by molar-refractivity contribution is -0.122. The third-order valence-corrected chi connectivity index (χ3v) is 5.44. The van der Waals surface area contributed by atoms with Crippen LogP contribution in [0.1, 0.15) is 42.5 Å². The van der Waals surface area contributed by atoms with Crippen LogP contribution in [0.15, 0.2) is 52.1 Å². The molecule has 1 heterocycles. The predicted octanol–water partition coefficient (Wildman–Crippen LogP) is 2.45. The van der Waals surface area contributed by atoms with Gasteiger partial charge < -0.3 is 5.32 Å². The van der Waals surface area contributed by atoms with Crippen molar-refractivity contribution >= 4 is 16.7 Å². The number of carbonyl (C=O) groups is 1. The van der Waals surface area contributed by atoms with Gasteiger partial charge in [-0.1, -0.05) is 30.3 Å². The molecule has 1 aliphatic carbocycles. The minimum absolute atomic E-state index is 0.178. The first kappa shape index (κ1) is 18.2. The summed E-state index contributed by atoms with van der Waals surface area (Å²) in [5.41, 5.74) is 3.04. The Morgan fingerprint density at radius 2 is 1.79 bits per heavy atom. The molecule has 4 rings (SSSR count). The van der Waals surface area contributed by atoms with Crippen molar-refractivity contribution < 1.29 is 4.79 Å². The number of benzene rings is 2. The van der Waals surface area contributed by atoms with E-state index >= 15 is 0 Å². The van der Waals surface area contributed by atoms with Crippen LogP contribution < -0.4 is 16.4 Å².